The molecule has 202 valence electrons. The van der Waals surface area contributed by atoms with Gasteiger partial charge in [-0.15, -0.1) is 11.3 Å². The number of nitrogens with zero attached hydrogens (tertiary/aromatic N) is 1. The Balaban J connectivity index is 1.12. The number of furan rings is 1. The molecule has 0 aliphatic heterocycles. The number of thiophene rings is 1. The summed E-state index contributed by atoms with van der Waals surface area (Å²) in [6, 6.07) is 54.3. The molecule has 2 aromatic heterocycles. The van der Waals surface area contributed by atoms with E-state index in [0.717, 1.165) is 39.0 Å². The van der Waals surface area contributed by atoms with E-state index in [-0.39, 0.29) is 0 Å². The molecule has 9 rings (SSSR count). The van der Waals surface area contributed by atoms with Crippen molar-refractivity contribution in [1.29, 1.82) is 0 Å². The summed E-state index contributed by atoms with van der Waals surface area (Å²) in [6.45, 7) is 0. The number of hydrogen-bond donors (Lipinski definition) is 0. The van der Waals surface area contributed by atoms with E-state index in [0.29, 0.717) is 0 Å². The van der Waals surface area contributed by atoms with Crippen LogP contribution in [0.25, 0.3) is 64.0 Å². The van der Waals surface area contributed by atoms with Gasteiger partial charge in [0.25, 0.3) is 0 Å². The zero-order chi connectivity index (χ0) is 28.3. The molecule has 0 N–H and O–H groups in total. The first kappa shape index (κ1) is 24.2. The Morgan fingerprint density at radius 1 is 0.395 bits per heavy atom. The molecule has 0 saturated carbocycles. The second-order valence-electron chi connectivity index (χ2n) is 11.0. The number of benzene rings is 7. The van der Waals surface area contributed by atoms with Gasteiger partial charge in [-0.3, -0.25) is 0 Å². The monoisotopic (exact) mass is 567 g/mol. The molecule has 0 saturated heterocycles. The highest BCUT2D eigenvalue weighted by atomic mass is 32.1. The third-order valence-electron chi connectivity index (χ3n) is 8.43. The molecule has 3 heteroatoms. The molecule has 0 bridgehead atoms. The molecule has 2 heterocycles. The van der Waals surface area contributed by atoms with Gasteiger partial charge in [-0.2, -0.15) is 0 Å². The first-order chi connectivity index (χ1) is 21.3. The smallest absolute Gasteiger partial charge is 0.137 e. The van der Waals surface area contributed by atoms with Gasteiger partial charge in [0.15, 0.2) is 0 Å². The van der Waals surface area contributed by atoms with E-state index in [9.17, 15) is 0 Å². The van der Waals surface area contributed by atoms with Gasteiger partial charge in [-0.1, -0.05) is 78.9 Å². The third-order valence-corrected chi connectivity index (χ3v) is 9.56. The van der Waals surface area contributed by atoms with Crippen LogP contribution in [0.2, 0.25) is 0 Å². The molecule has 0 amide bonds. The maximum absolute atomic E-state index is 6.25. The predicted molar refractivity (Wildman–Crippen MR) is 184 cm³/mol. The SMILES string of the molecule is c1ccc(N(c2ccc(-c3ccc4cc5sc6ccccc6c5cc4c3)cc2)c2ccc3c(c2)oc2ccccc23)cc1. The van der Waals surface area contributed by atoms with Crippen LogP contribution in [-0.4, -0.2) is 0 Å². The van der Waals surface area contributed by atoms with E-state index in [1.54, 1.807) is 0 Å². The number of fused-ring (bicyclic) bond motifs is 7. The van der Waals surface area contributed by atoms with Gasteiger partial charge in [-0.05, 0) is 88.6 Å². The standard InChI is InChI=1S/C40H25NOS/c1-2-8-30(9-3-1)41(32-20-21-34-33-10-4-6-12-37(33)42-38(34)25-32)31-18-16-26(17-19-31)27-14-15-28-24-40-36(23-29(28)22-27)35-11-5-7-13-39(35)43-40/h1-25H. The van der Waals surface area contributed by atoms with Gasteiger partial charge in [0.05, 0.1) is 0 Å². The molecule has 0 aliphatic carbocycles. The average molecular weight is 568 g/mol. The number of hydrogen-bond acceptors (Lipinski definition) is 3. The van der Waals surface area contributed by atoms with Crippen molar-refractivity contribution < 1.29 is 4.42 Å². The highest BCUT2D eigenvalue weighted by Gasteiger charge is 2.15. The summed E-state index contributed by atoms with van der Waals surface area (Å²) in [7, 11) is 0. The Labute approximate surface area is 252 Å². The van der Waals surface area contributed by atoms with E-state index in [4.69, 9.17) is 4.42 Å². The van der Waals surface area contributed by atoms with Crippen LogP contribution in [0.5, 0.6) is 0 Å². The van der Waals surface area contributed by atoms with Gasteiger partial charge in [0.2, 0.25) is 0 Å². The third kappa shape index (κ3) is 4.01. The van der Waals surface area contributed by atoms with Crippen molar-refractivity contribution in [1.82, 2.24) is 0 Å². The lowest BCUT2D eigenvalue weighted by Crippen LogP contribution is -2.09. The van der Waals surface area contributed by atoms with Crippen LogP contribution in [0.4, 0.5) is 17.1 Å². The minimum absolute atomic E-state index is 0.889. The summed E-state index contributed by atoms with van der Waals surface area (Å²) in [5.41, 5.74) is 7.47. The van der Waals surface area contributed by atoms with Crippen molar-refractivity contribution in [3.8, 4) is 11.1 Å². The van der Waals surface area contributed by atoms with E-state index in [1.165, 1.54) is 42.1 Å². The largest absolute Gasteiger partial charge is 0.456 e. The summed E-state index contributed by atoms with van der Waals surface area (Å²) >= 11 is 1.87. The molecule has 0 atom stereocenters. The van der Waals surface area contributed by atoms with Crippen molar-refractivity contribution in [2.75, 3.05) is 4.90 Å². The van der Waals surface area contributed by atoms with E-state index < -0.39 is 0 Å². The highest BCUT2D eigenvalue weighted by molar-refractivity contribution is 7.25. The summed E-state index contributed by atoms with van der Waals surface area (Å²) in [6.07, 6.45) is 0. The number of rotatable bonds is 4. The van der Waals surface area contributed by atoms with Crippen molar-refractivity contribution in [3.05, 3.63) is 152 Å². The quantitative estimate of drug-likeness (QED) is 0.210. The van der Waals surface area contributed by atoms with Crippen molar-refractivity contribution in [2.45, 2.75) is 0 Å². The van der Waals surface area contributed by atoms with Gasteiger partial charge >= 0.3 is 0 Å². The fourth-order valence-corrected chi connectivity index (χ4v) is 7.47. The van der Waals surface area contributed by atoms with E-state index >= 15 is 0 Å². The first-order valence-electron chi connectivity index (χ1n) is 14.5. The Morgan fingerprint density at radius 2 is 1.09 bits per heavy atom. The zero-order valence-electron chi connectivity index (χ0n) is 23.2. The van der Waals surface area contributed by atoms with Crippen LogP contribution in [0, 0.1) is 0 Å². The maximum Gasteiger partial charge on any atom is 0.137 e. The molecule has 0 radical (unpaired) electrons. The van der Waals surface area contributed by atoms with Crippen LogP contribution in [0.15, 0.2) is 156 Å². The minimum atomic E-state index is 0.889. The molecule has 43 heavy (non-hydrogen) atoms. The molecular weight excluding hydrogens is 543 g/mol. The topological polar surface area (TPSA) is 16.4 Å². The van der Waals surface area contributed by atoms with Gasteiger partial charge < -0.3 is 9.32 Å². The molecular formula is C40H25NOS. The lowest BCUT2D eigenvalue weighted by molar-refractivity contribution is 0.669. The van der Waals surface area contributed by atoms with Gasteiger partial charge in [0.1, 0.15) is 11.2 Å². The highest BCUT2D eigenvalue weighted by Crippen LogP contribution is 2.40. The maximum atomic E-state index is 6.25. The van der Waals surface area contributed by atoms with Gasteiger partial charge in [0, 0.05) is 54.1 Å². The Bertz CT molecular complexity index is 2450. The molecule has 9 aromatic rings. The zero-order valence-corrected chi connectivity index (χ0v) is 24.0. The average Bonchev–Trinajstić information content (AvgIpc) is 3.62. The predicted octanol–water partition coefficient (Wildman–Crippen LogP) is 12.2. The Morgan fingerprint density at radius 3 is 1.98 bits per heavy atom. The van der Waals surface area contributed by atoms with Crippen LogP contribution < -0.4 is 4.90 Å². The molecule has 0 fully saturated rings. The summed E-state index contributed by atoms with van der Waals surface area (Å²) in [5.74, 6) is 0. The van der Waals surface area contributed by atoms with Crippen LogP contribution >= 0.6 is 11.3 Å². The van der Waals surface area contributed by atoms with E-state index in [2.05, 4.69) is 144 Å². The fourth-order valence-electron chi connectivity index (χ4n) is 6.33. The first-order valence-corrected chi connectivity index (χ1v) is 15.3. The normalized spacial score (nSPS) is 11.7. The molecule has 7 aromatic carbocycles. The fraction of sp³-hybridized carbons (Fsp3) is 0. The summed E-state index contributed by atoms with van der Waals surface area (Å²) in [5, 5.41) is 7.48. The second kappa shape index (κ2) is 9.59. The van der Waals surface area contributed by atoms with Gasteiger partial charge in [-0.25, -0.2) is 0 Å². The van der Waals surface area contributed by atoms with Crippen LogP contribution in [-0.2, 0) is 0 Å². The lowest BCUT2D eigenvalue weighted by Gasteiger charge is -2.25. The van der Waals surface area contributed by atoms with Crippen molar-refractivity contribution >= 4 is 81.3 Å². The van der Waals surface area contributed by atoms with Crippen molar-refractivity contribution in [2.24, 2.45) is 0 Å². The summed E-state index contributed by atoms with van der Waals surface area (Å²) in [4.78, 5) is 2.29. The van der Waals surface area contributed by atoms with Crippen LogP contribution in [0.3, 0.4) is 0 Å². The molecule has 0 unspecified atom stereocenters. The second-order valence-corrected chi connectivity index (χ2v) is 12.1. The Kier molecular flexibility index (Phi) is 5.40. The molecule has 0 aliphatic rings. The Hall–Kier alpha value is -5.38. The molecule has 2 nitrogen and oxygen atoms in total. The van der Waals surface area contributed by atoms with Crippen molar-refractivity contribution in [3.63, 3.8) is 0 Å². The van der Waals surface area contributed by atoms with E-state index in [1.807, 2.05) is 23.5 Å². The number of anilines is 3. The van der Waals surface area contributed by atoms with Crippen LogP contribution in [0.1, 0.15) is 0 Å². The summed E-state index contributed by atoms with van der Waals surface area (Å²) < 4.78 is 8.93. The lowest BCUT2D eigenvalue weighted by atomic mass is 9.99. The number of para-hydroxylation sites is 2. The molecule has 0 spiro atoms. The minimum Gasteiger partial charge on any atom is -0.456 e.